The third-order valence-electron chi connectivity index (χ3n) is 3.65. The second-order valence-corrected chi connectivity index (χ2v) is 5.07. The normalized spacial score (nSPS) is 19.5. The number of hydrogen-bond acceptors (Lipinski definition) is 3. The summed E-state index contributed by atoms with van der Waals surface area (Å²) >= 11 is 0. The number of nitrogens with zero attached hydrogens (tertiary/aromatic N) is 1. The zero-order valence-electron chi connectivity index (χ0n) is 11.1. The van der Waals surface area contributed by atoms with Crippen molar-refractivity contribution in [2.75, 3.05) is 13.1 Å². The minimum absolute atomic E-state index is 0.0797. The topological polar surface area (TPSA) is 57.6 Å². The van der Waals surface area contributed by atoms with E-state index >= 15 is 0 Å². The van der Waals surface area contributed by atoms with Crippen LogP contribution in [0.1, 0.15) is 35.2 Å². The summed E-state index contributed by atoms with van der Waals surface area (Å²) in [5, 5.41) is 9.07. The molecule has 0 aromatic heterocycles. The van der Waals surface area contributed by atoms with Gasteiger partial charge in [-0.3, -0.25) is 14.5 Å². The summed E-state index contributed by atoms with van der Waals surface area (Å²) in [5.74, 6) is -0.698. The molecule has 4 heteroatoms. The fourth-order valence-electron chi connectivity index (χ4n) is 2.50. The first kappa shape index (κ1) is 13.7. The van der Waals surface area contributed by atoms with E-state index in [4.69, 9.17) is 5.11 Å². The highest BCUT2D eigenvalue weighted by Crippen LogP contribution is 2.18. The van der Waals surface area contributed by atoms with E-state index in [1.54, 1.807) is 0 Å². The quantitative estimate of drug-likeness (QED) is 0.825. The average Bonchev–Trinajstić information content (AvgIpc) is 2.85. The Morgan fingerprint density at radius 2 is 2.00 bits per heavy atom. The first-order valence-corrected chi connectivity index (χ1v) is 6.64. The van der Waals surface area contributed by atoms with Gasteiger partial charge >= 0.3 is 5.97 Å². The molecule has 1 fully saturated rings. The molecule has 0 bridgehead atoms. The van der Waals surface area contributed by atoms with E-state index in [0.29, 0.717) is 24.9 Å². The molecule has 1 aromatic rings. The standard InChI is InChI=1S/C15H19NO3/c1-11-4-6-12(7-5-11)14(17)8-10-16-9-2-3-13(16)15(18)19/h4-7,13H,2-3,8-10H2,1H3,(H,18,19). The molecule has 1 heterocycles. The van der Waals surface area contributed by atoms with Crippen LogP contribution in [-0.2, 0) is 4.79 Å². The number of benzene rings is 1. The molecule has 0 saturated carbocycles. The Kier molecular flexibility index (Phi) is 4.32. The smallest absolute Gasteiger partial charge is 0.320 e. The van der Waals surface area contributed by atoms with Gasteiger partial charge in [0.2, 0.25) is 0 Å². The second kappa shape index (κ2) is 5.97. The van der Waals surface area contributed by atoms with Gasteiger partial charge in [-0.25, -0.2) is 0 Å². The molecular formula is C15H19NO3. The van der Waals surface area contributed by atoms with Crippen LogP contribution in [0.5, 0.6) is 0 Å². The maximum Gasteiger partial charge on any atom is 0.320 e. The summed E-state index contributed by atoms with van der Waals surface area (Å²) in [4.78, 5) is 24.9. The molecule has 0 spiro atoms. The van der Waals surface area contributed by atoms with Crippen molar-refractivity contribution in [2.24, 2.45) is 0 Å². The van der Waals surface area contributed by atoms with Crippen LogP contribution in [0.4, 0.5) is 0 Å². The molecule has 1 aliphatic rings. The molecule has 1 N–H and O–H groups in total. The summed E-state index contributed by atoms with van der Waals surface area (Å²) < 4.78 is 0. The van der Waals surface area contributed by atoms with Gasteiger partial charge in [0.1, 0.15) is 6.04 Å². The van der Waals surface area contributed by atoms with Crippen LogP contribution in [0.15, 0.2) is 24.3 Å². The number of carboxylic acids is 1. The molecule has 1 saturated heterocycles. The number of rotatable bonds is 5. The average molecular weight is 261 g/mol. The van der Waals surface area contributed by atoms with Gasteiger partial charge in [-0.2, -0.15) is 0 Å². The Morgan fingerprint density at radius 1 is 1.32 bits per heavy atom. The lowest BCUT2D eigenvalue weighted by Crippen LogP contribution is -2.37. The number of carbonyl (C=O) groups is 2. The zero-order chi connectivity index (χ0) is 13.8. The van der Waals surface area contributed by atoms with Gasteiger partial charge in [0.15, 0.2) is 5.78 Å². The molecule has 102 valence electrons. The number of likely N-dealkylation sites (tertiary alicyclic amines) is 1. The van der Waals surface area contributed by atoms with Gasteiger partial charge in [-0.1, -0.05) is 29.8 Å². The van der Waals surface area contributed by atoms with Crippen LogP contribution in [0.3, 0.4) is 0 Å². The van der Waals surface area contributed by atoms with Crippen LogP contribution < -0.4 is 0 Å². The van der Waals surface area contributed by atoms with Crippen molar-refractivity contribution in [2.45, 2.75) is 32.2 Å². The zero-order valence-corrected chi connectivity index (χ0v) is 11.1. The summed E-state index contributed by atoms with van der Waals surface area (Å²) in [7, 11) is 0. The van der Waals surface area contributed by atoms with E-state index in [2.05, 4.69) is 0 Å². The molecule has 19 heavy (non-hydrogen) atoms. The molecule has 0 amide bonds. The first-order valence-electron chi connectivity index (χ1n) is 6.64. The Hall–Kier alpha value is -1.68. The summed E-state index contributed by atoms with van der Waals surface area (Å²) in [5.41, 5.74) is 1.83. The first-order chi connectivity index (χ1) is 9.08. The van der Waals surface area contributed by atoms with E-state index < -0.39 is 12.0 Å². The van der Waals surface area contributed by atoms with Crippen molar-refractivity contribution in [1.82, 2.24) is 4.90 Å². The molecule has 1 aliphatic heterocycles. The van der Waals surface area contributed by atoms with Crippen LogP contribution in [0.2, 0.25) is 0 Å². The highest BCUT2D eigenvalue weighted by Gasteiger charge is 2.30. The van der Waals surface area contributed by atoms with E-state index in [9.17, 15) is 9.59 Å². The van der Waals surface area contributed by atoms with Crippen molar-refractivity contribution in [3.8, 4) is 0 Å². The molecule has 4 nitrogen and oxygen atoms in total. The monoisotopic (exact) mass is 261 g/mol. The number of hydrogen-bond donors (Lipinski definition) is 1. The molecule has 2 rings (SSSR count). The summed E-state index contributed by atoms with van der Waals surface area (Å²) in [6, 6.07) is 7.09. The van der Waals surface area contributed by atoms with Gasteiger partial charge in [0.25, 0.3) is 0 Å². The van der Waals surface area contributed by atoms with Crippen molar-refractivity contribution >= 4 is 11.8 Å². The van der Waals surface area contributed by atoms with E-state index in [0.717, 1.165) is 18.5 Å². The van der Waals surface area contributed by atoms with Crippen LogP contribution in [-0.4, -0.2) is 40.9 Å². The van der Waals surface area contributed by atoms with Crippen LogP contribution in [0.25, 0.3) is 0 Å². The fraction of sp³-hybridized carbons (Fsp3) is 0.467. The van der Waals surface area contributed by atoms with E-state index in [-0.39, 0.29) is 5.78 Å². The minimum Gasteiger partial charge on any atom is -0.480 e. The Morgan fingerprint density at radius 3 is 2.63 bits per heavy atom. The number of aryl methyl sites for hydroxylation is 1. The predicted molar refractivity (Wildman–Crippen MR) is 72.4 cm³/mol. The highest BCUT2D eigenvalue weighted by atomic mass is 16.4. The van der Waals surface area contributed by atoms with Crippen molar-refractivity contribution in [1.29, 1.82) is 0 Å². The molecule has 1 atom stereocenters. The van der Waals surface area contributed by atoms with Gasteiger partial charge in [-0.05, 0) is 26.3 Å². The van der Waals surface area contributed by atoms with Crippen LogP contribution >= 0.6 is 0 Å². The molecule has 1 unspecified atom stereocenters. The summed E-state index contributed by atoms with van der Waals surface area (Å²) in [6.45, 7) is 3.29. The number of carbonyl (C=O) groups excluding carboxylic acids is 1. The van der Waals surface area contributed by atoms with Gasteiger partial charge in [0.05, 0.1) is 0 Å². The van der Waals surface area contributed by atoms with Crippen molar-refractivity contribution in [3.05, 3.63) is 35.4 Å². The number of aliphatic carboxylic acids is 1. The number of Topliss-reactive ketones (excluding diaryl/α,β-unsaturated/α-hetero) is 1. The maximum atomic E-state index is 12.0. The Labute approximate surface area is 113 Å². The van der Waals surface area contributed by atoms with Gasteiger partial charge in [-0.15, -0.1) is 0 Å². The van der Waals surface area contributed by atoms with Gasteiger partial charge < -0.3 is 5.11 Å². The van der Waals surface area contributed by atoms with Crippen LogP contribution in [0, 0.1) is 6.92 Å². The molecule has 0 aliphatic carbocycles. The Balaban J connectivity index is 1.90. The summed E-state index contributed by atoms with van der Waals surface area (Å²) in [6.07, 6.45) is 1.97. The lowest BCUT2D eigenvalue weighted by molar-refractivity contribution is -0.142. The minimum atomic E-state index is -0.778. The van der Waals surface area contributed by atoms with E-state index in [1.165, 1.54) is 0 Å². The molecular weight excluding hydrogens is 242 g/mol. The molecule has 0 radical (unpaired) electrons. The lowest BCUT2D eigenvalue weighted by Gasteiger charge is -2.20. The Bertz CT molecular complexity index is 467. The third-order valence-corrected chi connectivity index (χ3v) is 3.65. The van der Waals surface area contributed by atoms with Crippen molar-refractivity contribution < 1.29 is 14.7 Å². The predicted octanol–water partition coefficient (Wildman–Crippen LogP) is 2.12. The van der Waals surface area contributed by atoms with Crippen molar-refractivity contribution in [3.63, 3.8) is 0 Å². The highest BCUT2D eigenvalue weighted by molar-refractivity contribution is 5.96. The fourth-order valence-corrected chi connectivity index (χ4v) is 2.50. The third kappa shape index (κ3) is 3.41. The van der Waals surface area contributed by atoms with E-state index in [1.807, 2.05) is 36.1 Å². The second-order valence-electron chi connectivity index (χ2n) is 5.07. The lowest BCUT2D eigenvalue weighted by atomic mass is 10.1. The van der Waals surface area contributed by atoms with Gasteiger partial charge in [0, 0.05) is 18.5 Å². The maximum absolute atomic E-state index is 12.0. The number of ketones is 1. The SMILES string of the molecule is Cc1ccc(C(=O)CCN2CCCC2C(=O)O)cc1. The largest absolute Gasteiger partial charge is 0.480 e. The number of carboxylic acid groups (broad SMARTS) is 1. The molecule has 1 aromatic carbocycles.